The van der Waals surface area contributed by atoms with Crippen LogP contribution in [-0.2, 0) is 0 Å². The van der Waals surface area contributed by atoms with E-state index in [2.05, 4.69) is 44.8 Å². The number of aliphatic hydroxyl groups is 1. The van der Waals surface area contributed by atoms with Crippen LogP contribution in [0.3, 0.4) is 0 Å². The van der Waals surface area contributed by atoms with Crippen molar-refractivity contribution in [3.8, 4) is 17.1 Å². The van der Waals surface area contributed by atoms with E-state index in [9.17, 15) is 5.11 Å². The summed E-state index contributed by atoms with van der Waals surface area (Å²) in [6.07, 6.45) is 5.20. The Balaban J connectivity index is 1.60. The number of rotatable bonds is 3. The van der Waals surface area contributed by atoms with E-state index in [1.807, 2.05) is 18.2 Å². The Morgan fingerprint density at radius 3 is 2.85 bits per heavy atom. The van der Waals surface area contributed by atoms with E-state index in [4.69, 9.17) is 4.74 Å². The van der Waals surface area contributed by atoms with Crippen molar-refractivity contribution in [2.75, 3.05) is 7.11 Å². The number of benzene rings is 1. The average Bonchev–Trinajstić information content (AvgIpc) is 3.37. The fourth-order valence-corrected chi connectivity index (χ4v) is 4.26. The van der Waals surface area contributed by atoms with Crippen molar-refractivity contribution >= 4 is 21.9 Å². The van der Waals surface area contributed by atoms with Gasteiger partial charge in [0.15, 0.2) is 0 Å². The molecule has 3 heterocycles. The first-order valence-electron chi connectivity index (χ1n) is 9.31. The summed E-state index contributed by atoms with van der Waals surface area (Å²) in [7, 11) is 1.67. The van der Waals surface area contributed by atoms with Gasteiger partial charge in [-0.15, -0.1) is 0 Å². The van der Waals surface area contributed by atoms with Gasteiger partial charge in [-0.2, -0.15) is 0 Å². The summed E-state index contributed by atoms with van der Waals surface area (Å²) >= 11 is 0. The highest BCUT2D eigenvalue weighted by atomic mass is 16.5. The number of nitrogens with zero attached hydrogens (tertiary/aromatic N) is 3. The van der Waals surface area contributed by atoms with Crippen LogP contribution in [0.1, 0.15) is 25.8 Å². The molecule has 0 amide bonds. The average molecular weight is 362 g/mol. The topological polar surface area (TPSA) is 76.0 Å². The van der Waals surface area contributed by atoms with Crippen molar-refractivity contribution in [3.05, 3.63) is 42.9 Å². The monoisotopic (exact) mass is 362 g/mol. The molecule has 1 aliphatic rings. The molecule has 0 saturated heterocycles. The minimum atomic E-state index is -0.238. The summed E-state index contributed by atoms with van der Waals surface area (Å²) < 4.78 is 7.51. The lowest BCUT2D eigenvalue weighted by atomic mass is 10.1. The van der Waals surface area contributed by atoms with Crippen molar-refractivity contribution in [1.29, 1.82) is 0 Å². The number of aromatic nitrogens is 4. The third kappa shape index (κ3) is 2.59. The second-order valence-electron chi connectivity index (χ2n) is 7.49. The Labute approximate surface area is 156 Å². The van der Waals surface area contributed by atoms with Gasteiger partial charge in [-0.05, 0) is 43.0 Å². The van der Waals surface area contributed by atoms with Crippen molar-refractivity contribution < 1.29 is 9.84 Å². The van der Waals surface area contributed by atoms with Crippen molar-refractivity contribution in [1.82, 2.24) is 19.5 Å². The molecule has 1 aliphatic carbocycles. The maximum absolute atomic E-state index is 10.1. The Kier molecular flexibility index (Phi) is 3.68. The summed E-state index contributed by atoms with van der Waals surface area (Å²) in [5.74, 6) is 1.14. The SMILES string of the molecule is COc1ccc2cc(-c3ncnc4c3ccn4[C@@H]3C[C@H](C)[C@@H](O)C3)[nH]c2c1. The van der Waals surface area contributed by atoms with E-state index >= 15 is 0 Å². The number of ether oxygens (including phenoxy) is 1. The lowest BCUT2D eigenvalue weighted by Gasteiger charge is -2.13. The lowest BCUT2D eigenvalue weighted by molar-refractivity contribution is 0.139. The first-order valence-corrected chi connectivity index (χ1v) is 9.31. The molecule has 0 aliphatic heterocycles. The quantitative estimate of drug-likeness (QED) is 0.579. The number of methoxy groups -OCH3 is 1. The second-order valence-corrected chi connectivity index (χ2v) is 7.49. The van der Waals surface area contributed by atoms with Gasteiger partial charge in [0.2, 0.25) is 0 Å². The fourth-order valence-electron chi connectivity index (χ4n) is 4.26. The number of aliphatic hydroxyl groups excluding tert-OH is 1. The predicted octanol–water partition coefficient (Wildman–Crippen LogP) is 3.92. The van der Waals surface area contributed by atoms with Crippen molar-refractivity contribution in [2.24, 2.45) is 5.92 Å². The molecule has 0 spiro atoms. The highest BCUT2D eigenvalue weighted by Crippen LogP contribution is 2.37. The molecule has 6 heteroatoms. The standard InChI is InChI=1S/C21H22N4O2/c1-12-7-14(9-19(12)26)25-6-5-16-20(22-11-23-21(16)25)18-8-13-3-4-15(27-2)10-17(13)24-18/h3-6,8,10-12,14,19,24,26H,7,9H2,1-2H3/t12-,14+,19-/m0/s1. The van der Waals surface area contributed by atoms with Gasteiger partial charge in [0, 0.05) is 34.6 Å². The van der Waals surface area contributed by atoms with E-state index in [-0.39, 0.29) is 12.1 Å². The molecule has 138 valence electrons. The summed E-state index contributed by atoms with van der Waals surface area (Å²) in [5, 5.41) is 12.3. The highest BCUT2D eigenvalue weighted by Gasteiger charge is 2.31. The summed E-state index contributed by atoms with van der Waals surface area (Å²) in [6.45, 7) is 2.11. The molecular formula is C21H22N4O2. The lowest BCUT2D eigenvalue weighted by Crippen LogP contribution is -2.08. The minimum absolute atomic E-state index is 0.238. The Morgan fingerprint density at radius 2 is 2.07 bits per heavy atom. The van der Waals surface area contributed by atoms with Crippen LogP contribution >= 0.6 is 0 Å². The van der Waals surface area contributed by atoms with Gasteiger partial charge in [-0.25, -0.2) is 9.97 Å². The minimum Gasteiger partial charge on any atom is -0.497 e. The highest BCUT2D eigenvalue weighted by molar-refractivity contribution is 5.94. The van der Waals surface area contributed by atoms with Gasteiger partial charge in [0.25, 0.3) is 0 Å². The molecule has 0 unspecified atom stereocenters. The Morgan fingerprint density at radius 1 is 1.19 bits per heavy atom. The summed E-state index contributed by atoms with van der Waals surface area (Å²) in [4.78, 5) is 12.5. The molecule has 0 bridgehead atoms. The molecule has 0 radical (unpaired) electrons. The van der Waals surface area contributed by atoms with Crippen LogP contribution < -0.4 is 4.74 Å². The maximum atomic E-state index is 10.1. The third-order valence-electron chi connectivity index (χ3n) is 5.80. The molecule has 27 heavy (non-hydrogen) atoms. The zero-order valence-corrected chi connectivity index (χ0v) is 15.4. The van der Waals surface area contributed by atoms with Gasteiger partial charge in [0.05, 0.1) is 24.6 Å². The molecule has 2 N–H and O–H groups in total. The Bertz CT molecular complexity index is 1120. The largest absolute Gasteiger partial charge is 0.497 e. The predicted molar refractivity (Wildman–Crippen MR) is 105 cm³/mol. The summed E-state index contributed by atoms with van der Waals surface area (Å²) in [5.41, 5.74) is 3.79. The van der Waals surface area contributed by atoms with Crippen LogP contribution in [0.25, 0.3) is 33.3 Å². The zero-order valence-electron chi connectivity index (χ0n) is 15.4. The number of hydrogen-bond acceptors (Lipinski definition) is 4. The zero-order chi connectivity index (χ0) is 18.5. The molecule has 3 aromatic heterocycles. The number of nitrogens with one attached hydrogen (secondary N) is 1. The van der Waals surface area contributed by atoms with Gasteiger partial charge in [-0.1, -0.05) is 6.92 Å². The molecule has 6 nitrogen and oxygen atoms in total. The van der Waals surface area contributed by atoms with Gasteiger partial charge in [0.1, 0.15) is 17.7 Å². The first-order chi connectivity index (χ1) is 13.1. The van der Waals surface area contributed by atoms with E-state index < -0.39 is 0 Å². The van der Waals surface area contributed by atoms with Crippen molar-refractivity contribution in [2.45, 2.75) is 31.9 Å². The number of fused-ring (bicyclic) bond motifs is 2. The van der Waals surface area contributed by atoms with Crippen LogP contribution in [0.4, 0.5) is 0 Å². The second kappa shape index (κ2) is 6.09. The number of hydrogen-bond donors (Lipinski definition) is 2. The third-order valence-corrected chi connectivity index (χ3v) is 5.80. The smallest absolute Gasteiger partial charge is 0.144 e. The Hall–Kier alpha value is -2.86. The van der Waals surface area contributed by atoms with E-state index in [1.54, 1.807) is 13.4 Å². The first kappa shape index (κ1) is 16.3. The van der Waals surface area contributed by atoms with Crippen LogP contribution in [0.15, 0.2) is 42.9 Å². The molecular weight excluding hydrogens is 340 g/mol. The van der Waals surface area contributed by atoms with E-state index in [0.29, 0.717) is 5.92 Å². The van der Waals surface area contributed by atoms with Gasteiger partial charge < -0.3 is 19.4 Å². The van der Waals surface area contributed by atoms with Gasteiger partial charge >= 0.3 is 0 Å². The maximum Gasteiger partial charge on any atom is 0.144 e. The fraction of sp³-hybridized carbons (Fsp3) is 0.333. The van der Waals surface area contributed by atoms with Crippen LogP contribution in [0, 0.1) is 5.92 Å². The van der Waals surface area contributed by atoms with Crippen LogP contribution in [0.5, 0.6) is 5.75 Å². The normalized spacial score (nSPS) is 22.7. The molecule has 3 atom stereocenters. The molecule has 1 saturated carbocycles. The number of H-pyrrole nitrogens is 1. The summed E-state index contributed by atoms with van der Waals surface area (Å²) in [6, 6.07) is 10.4. The van der Waals surface area contributed by atoms with Gasteiger partial charge in [-0.3, -0.25) is 0 Å². The van der Waals surface area contributed by atoms with E-state index in [1.165, 1.54) is 0 Å². The van der Waals surface area contributed by atoms with Crippen LogP contribution in [-0.4, -0.2) is 37.8 Å². The molecule has 4 aromatic rings. The van der Waals surface area contributed by atoms with Crippen LogP contribution in [0.2, 0.25) is 0 Å². The van der Waals surface area contributed by atoms with Crippen molar-refractivity contribution in [3.63, 3.8) is 0 Å². The molecule has 5 rings (SSSR count). The molecule has 1 fully saturated rings. The molecule has 1 aromatic carbocycles. The number of aromatic amines is 1. The van der Waals surface area contributed by atoms with E-state index in [0.717, 1.165) is 51.9 Å².